The van der Waals surface area contributed by atoms with Crippen molar-refractivity contribution in [1.82, 2.24) is 0 Å². The highest BCUT2D eigenvalue weighted by Crippen LogP contribution is 2.46. The van der Waals surface area contributed by atoms with Gasteiger partial charge < -0.3 is 9.57 Å². The van der Waals surface area contributed by atoms with Crippen LogP contribution >= 0.6 is 15.9 Å². The minimum absolute atomic E-state index is 0.280. The highest BCUT2D eigenvalue weighted by Gasteiger charge is 2.43. The van der Waals surface area contributed by atoms with E-state index in [-0.39, 0.29) is 5.60 Å². The van der Waals surface area contributed by atoms with Gasteiger partial charge in [-0.25, -0.2) is 0 Å². The normalized spacial score (nSPS) is 22.9. The molecule has 1 aliphatic carbocycles. The van der Waals surface area contributed by atoms with E-state index in [1.165, 1.54) is 11.1 Å². The number of para-hydroxylation sites is 1. The van der Waals surface area contributed by atoms with Gasteiger partial charge in [0.05, 0.1) is 0 Å². The van der Waals surface area contributed by atoms with Crippen LogP contribution in [0.4, 0.5) is 0 Å². The molecule has 0 aromatic heterocycles. The van der Waals surface area contributed by atoms with Crippen LogP contribution < -0.4 is 4.74 Å². The Morgan fingerprint density at radius 3 is 2.73 bits per heavy atom. The van der Waals surface area contributed by atoms with E-state index in [2.05, 4.69) is 33.2 Å². The zero-order valence-electron chi connectivity index (χ0n) is 12.1. The summed E-state index contributed by atoms with van der Waals surface area (Å²) in [5.41, 5.74) is 2.27. The lowest BCUT2D eigenvalue weighted by atomic mass is 9.77. The summed E-state index contributed by atoms with van der Waals surface area (Å²) < 4.78 is 6.83. The predicted molar refractivity (Wildman–Crippen MR) is 89.6 cm³/mol. The maximum Gasteiger partial charge on any atom is 0.169 e. The molecule has 112 valence electrons. The summed E-state index contributed by atoms with van der Waals surface area (Å²) in [6, 6.07) is 16.2. The second kappa shape index (κ2) is 5.43. The second-order valence-electron chi connectivity index (χ2n) is 5.82. The van der Waals surface area contributed by atoms with Gasteiger partial charge in [0, 0.05) is 12.0 Å². The van der Waals surface area contributed by atoms with Crippen molar-refractivity contribution in [2.45, 2.75) is 31.3 Å². The number of fused-ring (bicyclic) bond motifs is 2. The summed E-state index contributed by atoms with van der Waals surface area (Å²) in [7, 11) is 0. The van der Waals surface area contributed by atoms with Crippen LogP contribution in [0.25, 0.3) is 0 Å². The number of halogens is 1. The summed E-state index contributed by atoms with van der Waals surface area (Å²) in [5, 5.41) is 4.10. The van der Waals surface area contributed by atoms with Crippen molar-refractivity contribution in [2.24, 2.45) is 5.16 Å². The van der Waals surface area contributed by atoms with E-state index in [1.807, 2.05) is 36.4 Å². The fourth-order valence-electron chi connectivity index (χ4n) is 3.32. The third kappa shape index (κ3) is 2.41. The first-order valence-electron chi connectivity index (χ1n) is 7.52. The van der Waals surface area contributed by atoms with Gasteiger partial charge in [-0.2, -0.15) is 0 Å². The minimum atomic E-state index is -0.280. The van der Waals surface area contributed by atoms with Crippen molar-refractivity contribution in [1.29, 1.82) is 0 Å². The molecule has 0 bridgehead atoms. The van der Waals surface area contributed by atoms with Gasteiger partial charge in [-0.3, -0.25) is 0 Å². The Morgan fingerprint density at radius 1 is 1.09 bits per heavy atom. The highest BCUT2D eigenvalue weighted by molar-refractivity contribution is 9.18. The first kappa shape index (κ1) is 13.8. The molecule has 1 atom stereocenters. The lowest BCUT2D eigenvalue weighted by Crippen LogP contribution is -2.30. The smallest absolute Gasteiger partial charge is 0.169 e. The SMILES string of the molecule is BrC1=NOC2(CCCc3cc(Oc4ccccc4)ccc32)C1. The summed E-state index contributed by atoms with van der Waals surface area (Å²) in [4.78, 5) is 5.78. The van der Waals surface area contributed by atoms with Crippen LogP contribution in [0.2, 0.25) is 0 Å². The molecule has 0 radical (unpaired) electrons. The molecular weight excluding hydrogens is 342 g/mol. The number of rotatable bonds is 2. The lowest BCUT2D eigenvalue weighted by molar-refractivity contribution is -0.0363. The second-order valence-corrected chi connectivity index (χ2v) is 6.73. The summed E-state index contributed by atoms with van der Waals surface area (Å²) >= 11 is 3.46. The number of hydrogen-bond donors (Lipinski definition) is 0. The Kier molecular flexibility index (Phi) is 3.41. The molecule has 4 heteroatoms. The van der Waals surface area contributed by atoms with Gasteiger partial charge in [0.15, 0.2) is 5.60 Å². The van der Waals surface area contributed by atoms with E-state index in [0.29, 0.717) is 0 Å². The topological polar surface area (TPSA) is 30.8 Å². The Bertz CT molecular complexity index is 729. The van der Waals surface area contributed by atoms with Crippen LogP contribution in [0.1, 0.15) is 30.4 Å². The number of hydrogen-bond acceptors (Lipinski definition) is 3. The first-order valence-corrected chi connectivity index (χ1v) is 8.31. The largest absolute Gasteiger partial charge is 0.457 e. The van der Waals surface area contributed by atoms with Gasteiger partial charge in [0.1, 0.15) is 16.1 Å². The Balaban J connectivity index is 1.64. The molecule has 0 N–H and O–H groups in total. The number of ether oxygens (including phenoxy) is 1. The molecule has 0 fully saturated rings. The van der Waals surface area contributed by atoms with Crippen LogP contribution in [-0.4, -0.2) is 4.62 Å². The summed E-state index contributed by atoms with van der Waals surface area (Å²) in [6.45, 7) is 0. The zero-order chi connectivity index (χ0) is 15.0. The molecule has 1 heterocycles. The summed E-state index contributed by atoms with van der Waals surface area (Å²) in [5.74, 6) is 1.73. The van der Waals surface area contributed by atoms with Gasteiger partial charge in [0.25, 0.3) is 0 Å². The predicted octanol–water partition coefficient (Wildman–Crippen LogP) is 5.14. The van der Waals surface area contributed by atoms with Gasteiger partial charge in [-0.15, -0.1) is 0 Å². The molecular formula is C18H16BrNO2. The molecule has 0 amide bonds. The number of nitrogens with zero attached hydrogens (tertiary/aromatic N) is 1. The van der Waals surface area contributed by atoms with Crippen LogP contribution in [0.15, 0.2) is 53.7 Å². The molecule has 1 unspecified atom stereocenters. The zero-order valence-corrected chi connectivity index (χ0v) is 13.7. The maximum absolute atomic E-state index is 5.94. The Morgan fingerprint density at radius 2 is 1.95 bits per heavy atom. The molecule has 0 saturated carbocycles. The van der Waals surface area contributed by atoms with Gasteiger partial charge in [-0.05, 0) is 65.0 Å². The van der Waals surface area contributed by atoms with Crippen molar-refractivity contribution < 1.29 is 9.57 Å². The molecule has 1 aliphatic heterocycles. The van der Waals surface area contributed by atoms with E-state index < -0.39 is 0 Å². The quantitative estimate of drug-likeness (QED) is 0.744. The fraction of sp³-hybridized carbons (Fsp3) is 0.278. The van der Waals surface area contributed by atoms with E-state index in [4.69, 9.17) is 9.57 Å². The van der Waals surface area contributed by atoms with E-state index in [0.717, 1.165) is 41.8 Å². The molecule has 22 heavy (non-hydrogen) atoms. The van der Waals surface area contributed by atoms with Crippen LogP contribution in [-0.2, 0) is 16.9 Å². The highest BCUT2D eigenvalue weighted by atomic mass is 79.9. The van der Waals surface area contributed by atoms with Crippen molar-refractivity contribution >= 4 is 20.6 Å². The fourth-order valence-corrected chi connectivity index (χ4v) is 3.85. The van der Waals surface area contributed by atoms with Crippen molar-refractivity contribution in [3.63, 3.8) is 0 Å². The average Bonchev–Trinajstić information content (AvgIpc) is 2.90. The van der Waals surface area contributed by atoms with Gasteiger partial charge in [0.2, 0.25) is 0 Å². The monoisotopic (exact) mass is 357 g/mol. The van der Waals surface area contributed by atoms with Crippen molar-refractivity contribution in [3.8, 4) is 11.5 Å². The first-order chi connectivity index (χ1) is 10.8. The molecule has 2 aromatic rings. The minimum Gasteiger partial charge on any atom is -0.457 e. The standard InChI is InChI=1S/C18H16BrNO2/c19-17-12-18(22-20-17)10-4-5-13-11-15(8-9-16(13)18)21-14-6-2-1-3-7-14/h1-3,6-9,11H,4-5,10,12H2. The Hall–Kier alpha value is -1.81. The molecule has 0 saturated heterocycles. The van der Waals surface area contributed by atoms with Crippen LogP contribution in [0.5, 0.6) is 11.5 Å². The van der Waals surface area contributed by atoms with E-state index in [1.54, 1.807) is 0 Å². The number of aryl methyl sites for hydroxylation is 1. The number of oxime groups is 1. The molecule has 2 aromatic carbocycles. The average molecular weight is 358 g/mol. The molecule has 4 rings (SSSR count). The lowest BCUT2D eigenvalue weighted by Gasteiger charge is -2.33. The van der Waals surface area contributed by atoms with Crippen LogP contribution in [0.3, 0.4) is 0 Å². The van der Waals surface area contributed by atoms with Crippen LogP contribution in [0, 0.1) is 0 Å². The molecule has 2 aliphatic rings. The van der Waals surface area contributed by atoms with E-state index >= 15 is 0 Å². The van der Waals surface area contributed by atoms with Crippen molar-refractivity contribution in [2.75, 3.05) is 0 Å². The number of benzene rings is 2. The molecule has 3 nitrogen and oxygen atoms in total. The Labute approximate surface area is 138 Å². The third-order valence-electron chi connectivity index (χ3n) is 4.32. The maximum atomic E-state index is 5.94. The summed E-state index contributed by atoms with van der Waals surface area (Å²) in [6.07, 6.45) is 4.00. The van der Waals surface area contributed by atoms with Gasteiger partial charge in [-0.1, -0.05) is 29.4 Å². The van der Waals surface area contributed by atoms with Gasteiger partial charge >= 0.3 is 0 Å². The van der Waals surface area contributed by atoms with E-state index in [9.17, 15) is 0 Å². The third-order valence-corrected chi connectivity index (χ3v) is 4.75. The van der Waals surface area contributed by atoms with Crippen molar-refractivity contribution in [3.05, 3.63) is 59.7 Å². The molecule has 1 spiro atoms.